The fourth-order valence-corrected chi connectivity index (χ4v) is 3.43. The van der Waals surface area contributed by atoms with Crippen LogP contribution in [0.1, 0.15) is 30.4 Å². The molecule has 0 N–H and O–H groups in total. The predicted molar refractivity (Wildman–Crippen MR) is 99.6 cm³/mol. The fraction of sp³-hybridized carbons (Fsp3) is 0.429. The summed E-state index contributed by atoms with van der Waals surface area (Å²) in [5, 5.41) is 0. The molecule has 2 aromatic rings. The normalized spacial score (nSPS) is 17.3. The Balaban J connectivity index is 1.50. The van der Waals surface area contributed by atoms with Gasteiger partial charge in [0.25, 0.3) is 0 Å². The molecule has 2 aromatic carbocycles. The van der Waals surface area contributed by atoms with E-state index in [2.05, 4.69) is 36.1 Å². The largest absolute Gasteiger partial charge is 0.416 e. The minimum Gasteiger partial charge on any atom is -0.369 e. The van der Waals surface area contributed by atoms with E-state index in [1.54, 1.807) is 6.07 Å². The minimum absolute atomic E-state index is 0.512. The van der Waals surface area contributed by atoms with Crippen LogP contribution >= 0.6 is 0 Å². The van der Waals surface area contributed by atoms with Crippen molar-refractivity contribution < 1.29 is 13.2 Å². The lowest BCUT2D eigenvalue weighted by Gasteiger charge is -2.36. The number of alkyl halides is 3. The van der Waals surface area contributed by atoms with Gasteiger partial charge >= 0.3 is 6.18 Å². The van der Waals surface area contributed by atoms with Crippen LogP contribution in [0.2, 0.25) is 0 Å². The molecule has 26 heavy (non-hydrogen) atoms. The van der Waals surface area contributed by atoms with E-state index in [1.165, 1.54) is 17.7 Å². The Bertz CT molecular complexity index is 692. The molecule has 0 bridgehead atoms. The molecule has 1 heterocycles. The van der Waals surface area contributed by atoms with Crippen molar-refractivity contribution in [1.29, 1.82) is 0 Å². The van der Waals surface area contributed by atoms with Gasteiger partial charge in [0.15, 0.2) is 0 Å². The Hall–Kier alpha value is -2.01. The van der Waals surface area contributed by atoms with E-state index in [4.69, 9.17) is 0 Å². The third kappa shape index (κ3) is 4.79. The molecule has 0 aliphatic carbocycles. The summed E-state index contributed by atoms with van der Waals surface area (Å²) < 4.78 is 38.7. The van der Waals surface area contributed by atoms with Crippen LogP contribution < -0.4 is 4.90 Å². The summed E-state index contributed by atoms with van der Waals surface area (Å²) in [5.74, 6) is 0.512. The lowest BCUT2D eigenvalue weighted by molar-refractivity contribution is -0.137. The molecular weight excluding hydrogens is 337 g/mol. The Morgan fingerprint density at radius 3 is 2.27 bits per heavy atom. The van der Waals surface area contributed by atoms with Gasteiger partial charge < -0.3 is 4.90 Å². The van der Waals surface area contributed by atoms with Gasteiger partial charge in [-0.2, -0.15) is 13.2 Å². The zero-order valence-corrected chi connectivity index (χ0v) is 15.0. The number of hydrogen-bond acceptors (Lipinski definition) is 2. The highest BCUT2D eigenvalue weighted by molar-refractivity contribution is 5.49. The highest BCUT2D eigenvalue weighted by atomic mass is 19.4. The number of hydrogen-bond donors (Lipinski definition) is 0. The van der Waals surface area contributed by atoms with Crippen molar-refractivity contribution in [2.75, 3.05) is 37.6 Å². The number of halogens is 3. The van der Waals surface area contributed by atoms with E-state index < -0.39 is 11.7 Å². The predicted octanol–water partition coefficient (Wildman–Crippen LogP) is 5.02. The van der Waals surface area contributed by atoms with Crippen molar-refractivity contribution in [3.05, 3.63) is 65.7 Å². The van der Waals surface area contributed by atoms with Gasteiger partial charge in [-0.1, -0.05) is 43.3 Å². The van der Waals surface area contributed by atoms with Crippen molar-refractivity contribution in [3.63, 3.8) is 0 Å². The first-order chi connectivity index (χ1) is 12.4. The first-order valence-corrected chi connectivity index (χ1v) is 9.13. The van der Waals surface area contributed by atoms with Gasteiger partial charge in [-0.05, 0) is 42.6 Å². The maximum absolute atomic E-state index is 12.9. The van der Waals surface area contributed by atoms with Crippen LogP contribution in [0.3, 0.4) is 0 Å². The quantitative estimate of drug-likeness (QED) is 0.737. The SMILES string of the molecule is CC(CCN1CCN(c2cccc(C(F)(F)F)c2)CC1)c1ccccc1. The van der Waals surface area contributed by atoms with Crippen LogP contribution in [0.5, 0.6) is 0 Å². The van der Waals surface area contributed by atoms with Gasteiger partial charge in [0, 0.05) is 31.9 Å². The summed E-state index contributed by atoms with van der Waals surface area (Å²) >= 11 is 0. The van der Waals surface area contributed by atoms with Crippen LogP contribution in [-0.4, -0.2) is 37.6 Å². The monoisotopic (exact) mass is 362 g/mol. The van der Waals surface area contributed by atoms with Gasteiger partial charge in [0.05, 0.1) is 5.56 Å². The molecule has 3 rings (SSSR count). The summed E-state index contributed by atoms with van der Waals surface area (Å²) in [5.41, 5.74) is 1.45. The molecule has 0 radical (unpaired) electrons. The van der Waals surface area contributed by atoms with Crippen molar-refractivity contribution >= 4 is 5.69 Å². The van der Waals surface area contributed by atoms with Crippen LogP contribution in [-0.2, 0) is 6.18 Å². The summed E-state index contributed by atoms with van der Waals surface area (Å²) in [6, 6.07) is 16.1. The Labute approximate surface area is 153 Å². The molecule has 0 spiro atoms. The molecule has 5 heteroatoms. The Morgan fingerprint density at radius 1 is 0.923 bits per heavy atom. The molecule has 1 aliphatic rings. The summed E-state index contributed by atoms with van der Waals surface area (Å²) in [6.07, 6.45) is -3.20. The highest BCUT2D eigenvalue weighted by Crippen LogP contribution is 2.32. The van der Waals surface area contributed by atoms with Gasteiger partial charge in [0.2, 0.25) is 0 Å². The standard InChI is InChI=1S/C21H25F3N2/c1-17(18-6-3-2-4-7-18)10-11-25-12-14-26(15-13-25)20-9-5-8-19(16-20)21(22,23)24/h2-9,16-17H,10-15H2,1H3. The van der Waals surface area contributed by atoms with Crippen molar-refractivity contribution in [1.82, 2.24) is 4.90 Å². The summed E-state index contributed by atoms with van der Waals surface area (Å²) in [4.78, 5) is 4.45. The number of anilines is 1. The number of rotatable bonds is 5. The lowest BCUT2D eigenvalue weighted by Crippen LogP contribution is -2.46. The second-order valence-corrected chi connectivity index (χ2v) is 6.98. The van der Waals surface area contributed by atoms with E-state index in [0.717, 1.165) is 45.2 Å². The lowest BCUT2D eigenvalue weighted by atomic mass is 9.97. The average molecular weight is 362 g/mol. The van der Waals surface area contributed by atoms with Gasteiger partial charge in [-0.25, -0.2) is 0 Å². The molecule has 0 aromatic heterocycles. The second kappa shape index (κ2) is 8.12. The topological polar surface area (TPSA) is 6.48 Å². The van der Waals surface area contributed by atoms with Crippen LogP contribution in [0.15, 0.2) is 54.6 Å². The molecule has 0 amide bonds. The zero-order chi connectivity index (χ0) is 18.6. The van der Waals surface area contributed by atoms with Crippen molar-refractivity contribution in [2.24, 2.45) is 0 Å². The van der Waals surface area contributed by atoms with E-state index in [0.29, 0.717) is 11.6 Å². The molecule has 1 fully saturated rings. The first-order valence-electron chi connectivity index (χ1n) is 9.13. The zero-order valence-electron chi connectivity index (χ0n) is 15.0. The molecule has 1 saturated heterocycles. The van der Waals surface area contributed by atoms with Gasteiger partial charge in [0.1, 0.15) is 0 Å². The fourth-order valence-electron chi connectivity index (χ4n) is 3.43. The van der Waals surface area contributed by atoms with Crippen LogP contribution in [0, 0.1) is 0 Å². The van der Waals surface area contributed by atoms with Crippen molar-refractivity contribution in [3.8, 4) is 0 Å². The van der Waals surface area contributed by atoms with Crippen LogP contribution in [0.4, 0.5) is 18.9 Å². The average Bonchev–Trinajstić information content (AvgIpc) is 2.66. The Kier molecular flexibility index (Phi) is 5.87. The van der Waals surface area contributed by atoms with E-state index >= 15 is 0 Å². The molecule has 1 atom stereocenters. The van der Waals surface area contributed by atoms with E-state index in [-0.39, 0.29) is 0 Å². The molecule has 2 nitrogen and oxygen atoms in total. The first kappa shape index (κ1) is 18.8. The summed E-state index contributed by atoms with van der Waals surface area (Å²) in [7, 11) is 0. The number of benzene rings is 2. The number of nitrogens with zero attached hydrogens (tertiary/aromatic N) is 2. The third-order valence-electron chi connectivity index (χ3n) is 5.16. The maximum Gasteiger partial charge on any atom is 0.416 e. The van der Waals surface area contributed by atoms with Gasteiger partial charge in [-0.3, -0.25) is 4.90 Å². The number of piperazine rings is 1. The highest BCUT2D eigenvalue weighted by Gasteiger charge is 2.31. The third-order valence-corrected chi connectivity index (χ3v) is 5.16. The van der Waals surface area contributed by atoms with E-state index in [1.807, 2.05) is 11.0 Å². The molecule has 1 aliphatic heterocycles. The second-order valence-electron chi connectivity index (χ2n) is 6.98. The maximum atomic E-state index is 12.9. The minimum atomic E-state index is -4.29. The molecular formula is C21H25F3N2. The van der Waals surface area contributed by atoms with Gasteiger partial charge in [-0.15, -0.1) is 0 Å². The van der Waals surface area contributed by atoms with E-state index in [9.17, 15) is 13.2 Å². The summed E-state index contributed by atoms with van der Waals surface area (Å²) in [6.45, 7) is 6.57. The molecule has 0 saturated carbocycles. The van der Waals surface area contributed by atoms with Crippen molar-refractivity contribution in [2.45, 2.75) is 25.4 Å². The molecule has 1 unspecified atom stereocenters. The van der Waals surface area contributed by atoms with Crippen LogP contribution in [0.25, 0.3) is 0 Å². The Morgan fingerprint density at radius 2 is 1.62 bits per heavy atom. The smallest absolute Gasteiger partial charge is 0.369 e. The molecule has 140 valence electrons.